The van der Waals surface area contributed by atoms with E-state index in [2.05, 4.69) is 5.16 Å². The highest BCUT2D eigenvalue weighted by Gasteiger charge is 2.18. The molecule has 0 atom stereocenters. The maximum atomic E-state index is 11.9. The number of ether oxygens (including phenoxy) is 1. The van der Waals surface area contributed by atoms with Gasteiger partial charge in [0.1, 0.15) is 6.61 Å². The van der Waals surface area contributed by atoms with Crippen LogP contribution in [0.15, 0.2) is 59.8 Å². The van der Waals surface area contributed by atoms with Crippen molar-refractivity contribution in [3.05, 3.63) is 75.8 Å². The number of oxime groups is 1. The van der Waals surface area contributed by atoms with Gasteiger partial charge in [-0.05, 0) is 12.0 Å². The zero-order valence-electron chi connectivity index (χ0n) is 12.8. The van der Waals surface area contributed by atoms with Crippen LogP contribution in [0.1, 0.15) is 17.5 Å². The lowest BCUT2D eigenvalue weighted by Gasteiger charge is -2.07. The predicted molar refractivity (Wildman–Crippen MR) is 86.9 cm³/mol. The molecular weight excluding hydrogens is 312 g/mol. The van der Waals surface area contributed by atoms with Gasteiger partial charge in [0, 0.05) is 18.1 Å². The van der Waals surface area contributed by atoms with Crippen molar-refractivity contribution in [1.82, 2.24) is 0 Å². The molecule has 0 aliphatic rings. The summed E-state index contributed by atoms with van der Waals surface area (Å²) in [7, 11) is 0. The summed E-state index contributed by atoms with van der Waals surface area (Å²) in [6.45, 7) is 0.0597. The summed E-state index contributed by atoms with van der Waals surface area (Å²) in [5, 5.41) is 22.9. The first-order valence-corrected chi connectivity index (χ1v) is 7.26. The fourth-order valence-electron chi connectivity index (χ4n) is 2.15. The Balaban J connectivity index is 1.95. The van der Waals surface area contributed by atoms with Gasteiger partial charge in [0.2, 0.25) is 0 Å². The Kier molecular flexibility index (Phi) is 6.01. The third kappa shape index (κ3) is 4.64. The molecule has 2 aromatic carbocycles. The Bertz CT molecular complexity index is 744. The SMILES string of the molecule is O=C(OCc1ccccc1)C(CCc1ccccc1[N+](=O)[O-])=NO. The number of nitro benzene ring substituents is 1. The van der Waals surface area contributed by atoms with Crippen molar-refractivity contribution in [3.8, 4) is 0 Å². The van der Waals surface area contributed by atoms with Gasteiger partial charge >= 0.3 is 5.97 Å². The molecule has 0 saturated carbocycles. The highest BCUT2D eigenvalue weighted by Crippen LogP contribution is 2.19. The van der Waals surface area contributed by atoms with Crippen LogP contribution >= 0.6 is 0 Å². The van der Waals surface area contributed by atoms with Gasteiger partial charge in [-0.2, -0.15) is 0 Å². The maximum Gasteiger partial charge on any atom is 0.356 e. The molecule has 0 aliphatic heterocycles. The number of benzene rings is 2. The summed E-state index contributed by atoms with van der Waals surface area (Å²) in [6, 6.07) is 15.3. The Morgan fingerprint density at radius 1 is 1.12 bits per heavy atom. The number of esters is 1. The number of carbonyl (C=O) groups is 1. The van der Waals surface area contributed by atoms with Crippen molar-refractivity contribution in [1.29, 1.82) is 0 Å². The molecule has 1 N–H and O–H groups in total. The number of carbonyl (C=O) groups excluding carboxylic acids is 1. The van der Waals surface area contributed by atoms with Crippen LogP contribution in [0.25, 0.3) is 0 Å². The largest absolute Gasteiger partial charge is 0.456 e. The third-order valence-electron chi connectivity index (χ3n) is 3.39. The summed E-state index contributed by atoms with van der Waals surface area (Å²) in [5.41, 5.74) is 1.05. The monoisotopic (exact) mass is 328 g/mol. The van der Waals surface area contributed by atoms with Gasteiger partial charge in [-0.1, -0.05) is 53.7 Å². The first kappa shape index (κ1) is 17.1. The van der Waals surface area contributed by atoms with E-state index in [1.54, 1.807) is 30.3 Å². The summed E-state index contributed by atoms with van der Waals surface area (Å²) in [6.07, 6.45) is 0.228. The minimum Gasteiger partial charge on any atom is -0.456 e. The van der Waals surface area contributed by atoms with Crippen LogP contribution in [0.2, 0.25) is 0 Å². The van der Waals surface area contributed by atoms with Gasteiger partial charge in [-0.15, -0.1) is 0 Å². The lowest BCUT2D eigenvalue weighted by molar-refractivity contribution is -0.385. The fourth-order valence-corrected chi connectivity index (χ4v) is 2.15. The molecule has 7 nitrogen and oxygen atoms in total. The molecule has 124 valence electrons. The Morgan fingerprint density at radius 3 is 2.46 bits per heavy atom. The first-order valence-electron chi connectivity index (χ1n) is 7.26. The Labute approximate surface area is 138 Å². The Hall–Kier alpha value is -3.22. The van der Waals surface area contributed by atoms with E-state index in [0.29, 0.717) is 5.56 Å². The average molecular weight is 328 g/mol. The number of nitro groups is 1. The first-order chi connectivity index (χ1) is 11.6. The molecule has 0 aromatic heterocycles. The van der Waals surface area contributed by atoms with Gasteiger partial charge in [0.15, 0.2) is 5.71 Å². The maximum absolute atomic E-state index is 11.9. The highest BCUT2D eigenvalue weighted by atomic mass is 16.6. The number of nitrogens with zero attached hydrogens (tertiary/aromatic N) is 2. The van der Waals surface area contributed by atoms with Crippen molar-refractivity contribution < 1.29 is 19.7 Å². The van der Waals surface area contributed by atoms with Crippen LogP contribution in [0.4, 0.5) is 5.69 Å². The minimum atomic E-state index is -0.750. The molecule has 2 aromatic rings. The summed E-state index contributed by atoms with van der Waals surface area (Å²) < 4.78 is 5.08. The molecule has 0 saturated heterocycles. The van der Waals surface area contributed by atoms with Gasteiger partial charge in [0.25, 0.3) is 5.69 Å². The van der Waals surface area contributed by atoms with Crippen LogP contribution in [-0.4, -0.2) is 21.8 Å². The van der Waals surface area contributed by atoms with E-state index in [4.69, 9.17) is 9.94 Å². The lowest BCUT2D eigenvalue weighted by atomic mass is 10.1. The normalized spacial score (nSPS) is 11.1. The van der Waals surface area contributed by atoms with Gasteiger partial charge in [0.05, 0.1) is 4.92 Å². The standard InChI is InChI=1S/C17H16N2O5/c20-17(24-12-13-6-2-1-3-7-13)15(18-21)11-10-14-8-4-5-9-16(14)19(22)23/h1-9,21H,10-12H2. The van der Waals surface area contributed by atoms with Crippen molar-refractivity contribution in [2.45, 2.75) is 19.4 Å². The lowest BCUT2D eigenvalue weighted by Crippen LogP contribution is -2.18. The fraction of sp³-hybridized carbons (Fsp3) is 0.176. The second-order valence-corrected chi connectivity index (χ2v) is 4.99. The van der Waals surface area contributed by atoms with E-state index in [-0.39, 0.29) is 30.8 Å². The molecule has 7 heteroatoms. The smallest absolute Gasteiger partial charge is 0.356 e. The third-order valence-corrected chi connectivity index (χ3v) is 3.39. The molecular formula is C17H16N2O5. The van der Waals surface area contributed by atoms with Gasteiger partial charge < -0.3 is 9.94 Å². The van der Waals surface area contributed by atoms with Crippen molar-refractivity contribution >= 4 is 17.4 Å². The van der Waals surface area contributed by atoms with E-state index < -0.39 is 10.9 Å². The zero-order chi connectivity index (χ0) is 17.4. The van der Waals surface area contributed by atoms with Gasteiger partial charge in [-0.3, -0.25) is 10.1 Å². The van der Waals surface area contributed by atoms with Crippen LogP contribution in [0.3, 0.4) is 0 Å². The van der Waals surface area contributed by atoms with Crippen molar-refractivity contribution in [3.63, 3.8) is 0 Å². The quantitative estimate of drug-likeness (QED) is 0.277. The Morgan fingerprint density at radius 2 is 1.79 bits per heavy atom. The minimum absolute atomic E-state index is 0.0348. The molecule has 24 heavy (non-hydrogen) atoms. The van der Waals surface area contributed by atoms with Crippen LogP contribution < -0.4 is 0 Å². The van der Waals surface area contributed by atoms with Crippen molar-refractivity contribution in [2.75, 3.05) is 0 Å². The van der Waals surface area contributed by atoms with E-state index in [1.807, 2.05) is 18.2 Å². The van der Waals surface area contributed by atoms with Crippen LogP contribution in [0, 0.1) is 10.1 Å². The topological polar surface area (TPSA) is 102 Å². The molecule has 0 fully saturated rings. The molecule has 0 unspecified atom stereocenters. The second kappa shape index (κ2) is 8.42. The molecule has 0 heterocycles. The van der Waals surface area contributed by atoms with E-state index in [0.717, 1.165) is 5.56 Å². The van der Waals surface area contributed by atoms with E-state index in [9.17, 15) is 14.9 Å². The number of aryl methyl sites for hydroxylation is 1. The molecule has 2 rings (SSSR count). The van der Waals surface area contributed by atoms with E-state index >= 15 is 0 Å². The summed E-state index contributed by atoms with van der Waals surface area (Å²) in [4.78, 5) is 22.4. The molecule has 0 bridgehead atoms. The predicted octanol–water partition coefficient (Wildman–Crippen LogP) is 3.10. The zero-order valence-corrected chi connectivity index (χ0v) is 12.8. The van der Waals surface area contributed by atoms with Gasteiger partial charge in [-0.25, -0.2) is 4.79 Å². The van der Waals surface area contributed by atoms with Crippen molar-refractivity contribution in [2.24, 2.45) is 5.16 Å². The van der Waals surface area contributed by atoms with E-state index in [1.165, 1.54) is 6.07 Å². The molecule has 0 radical (unpaired) electrons. The molecule has 0 aliphatic carbocycles. The molecule has 0 spiro atoms. The number of rotatable bonds is 7. The van der Waals surface area contributed by atoms with Crippen LogP contribution in [0.5, 0.6) is 0 Å². The summed E-state index contributed by atoms with van der Waals surface area (Å²) >= 11 is 0. The average Bonchev–Trinajstić information content (AvgIpc) is 2.61. The highest BCUT2D eigenvalue weighted by molar-refractivity contribution is 6.36. The number of hydrogen-bond donors (Lipinski definition) is 1. The summed E-state index contributed by atoms with van der Waals surface area (Å²) in [5.74, 6) is -0.750. The molecule has 0 amide bonds. The number of para-hydroxylation sites is 1. The van der Waals surface area contributed by atoms with Crippen LogP contribution in [-0.2, 0) is 22.6 Å². The second-order valence-electron chi connectivity index (χ2n) is 4.99. The number of hydrogen-bond acceptors (Lipinski definition) is 6.